The Morgan fingerprint density at radius 2 is 2.38 bits per heavy atom. The van der Waals surface area contributed by atoms with Crippen molar-refractivity contribution in [1.29, 1.82) is 0 Å². The highest BCUT2D eigenvalue weighted by atomic mass is 35.5. The molecule has 0 atom stereocenters. The van der Waals surface area contributed by atoms with Gasteiger partial charge in [-0.2, -0.15) is 0 Å². The largest absolute Gasteiger partial charge is 0.477 e. The minimum absolute atomic E-state index is 0. The van der Waals surface area contributed by atoms with Gasteiger partial charge in [-0.3, -0.25) is 0 Å². The molecule has 1 N–H and O–H groups in total. The average Bonchev–Trinajstić information content (AvgIpc) is 1.61. The zero-order valence-electron chi connectivity index (χ0n) is 4.20. The van der Waals surface area contributed by atoms with Gasteiger partial charge in [0.2, 0.25) is 0 Å². The van der Waals surface area contributed by atoms with Crippen LogP contribution in [-0.4, -0.2) is 24.4 Å². The van der Waals surface area contributed by atoms with Gasteiger partial charge in [0.1, 0.15) is 7.11 Å². The topological polar surface area (TPSA) is 58.9 Å². The Kier molecular flexibility index (Phi) is 7.99. The van der Waals surface area contributed by atoms with Gasteiger partial charge in [0.25, 0.3) is 0 Å². The van der Waals surface area contributed by atoms with Gasteiger partial charge in [-0.05, 0) is 0 Å². The Bertz CT molecular complexity index is 92.5. The molecule has 0 saturated carbocycles. The lowest BCUT2D eigenvalue weighted by Gasteiger charge is -1.78. The summed E-state index contributed by atoms with van der Waals surface area (Å²) < 4.78 is 0. The molecule has 0 heterocycles. The molecule has 0 rings (SSSR count). The maximum absolute atomic E-state index is 9.53. The first-order valence-electron chi connectivity index (χ1n) is 1.57. The second-order valence-corrected chi connectivity index (χ2v) is 0.755. The number of hydrogen-bond acceptors (Lipinski definition) is 3. The molecule has 0 amide bonds. The van der Waals surface area contributed by atoms with Crippen LogP contribution in [0.5, 0.6) is 0 Å². The summed E-state index contributed by atoms with van der Waals surface area (Å²) in [7, 11) is 1.28. The molecule has 4 nitrogen and oxygen atoms in total. The van der Waals surface area contributed by atoms with Gasteiger partial charge in [0, 0.05) is 0 Å². The van der Waals surface area contributed by atoms with Crippen LogP contribution in [0.25, 0.3) is 0 Å². The molecule has 5 heteroatoms. The van der Waals surface area contributed by atoms with E-state index in [0.717, 1.165) is 0 Å². The van der Waals surface area contributed by atoms with Crippen LogP contribution in [0, 0.1) is 0 Å². The quantitative estimate of drug-likeness (QED) is 0.437. The zero-order valence-corrected chi connectivity index (χ0v) is 5.01. The molecule has 0 radical (unpaired) electrons. The van der Waals surface area contributed by atoms with E-state index in [1.165, 1.54) is 7.11 Å². The van der Waals surface area contributed by atoms with E-state index in [4.69, 9.17) is 5.11 Å². The van der Waals surface area contributed by atoms with E-state index < -0.39 is 5.97 Å². The summed E-state index contributed by atoms with van der Waals surface area (Å²) in [6.07, 6.45) is 0.667. The minimum atomic E-state index is -1.11. The monoisotopic (exact) mass is 139 g/mol. The van der Waals surface area contributed by atoms with Crippen molar-refractivity contribution in [3.05, 3.63) is 0 Å². The molecule has 0 bridgehead atoms. The summed E-state index contributed by atoms with van der Waals surface area (Å²) in [6, 6.07) is 0. The molecule has 0 aliphatic rings. The Balaban J connectivity index is 0. The molecule has 0 unspecified atom stereocenters. The summed E-state index contributed by atoms with van der Waals surface area (Å²) in [4.78, 5) is 13.6. The number of halogens is 1. The van der Waals surface area contributed by atoms with Gasteiger partial charge in [-0.25, -0.2) is 4.79 Å². The lowest BCUT2D eigenvalue weighted by Crippen LogP contribution is -1.94. The fraction of sp³-hybridized carbons (Fsp3) is 0.333. The molecule has 0 aromatic heterocycles. The van der Waals surface area contributed by atoms with Crippen LogP contribution < -0.4 is 0 Å². The third-order valence-electron chi connectivity index (χ3n) is 0.269. The number of carbonyl (C=O) groups is 1. The number of nitrogens with zero attached hydrogens (tertiary/aromatic N) is 1. The molecule has 0 spiro atoms. The van der Waals surface area contributed by atoms with Crippen LogP contribution in [0.3, 0.4) is 0 Å². The molecule has 0 aliphatic heterocycles. The summed E-state index contributed by atoms with van der Waals surface area (Å²) >= 11 is 0. The second kappa shape index (κ2) is 6.23. The lowest BCUT2D eigenvalue weighted by molar-refractivity contribution is -0.129. The maximum atomic E-state index is 9.53. The van der Waals surface area contributed by atoms with E-state index in [0.29, 0.717) is 6.21 Å². The lowest BCUT2D eigenvalue weighted by atomic mass is 10.8. The van der Waals surface area contributed by atoms with Gasteiger partial charge in [-0.1, -0.05) is 5.16 Å². The fourth-order valence-corrected chi connectivity index (χ4v) is 0.0978. The maximum Gasteiger partial charge on any atom is 0.350 e. The number of aliphatic carboxylic acids is 1. The molecular weight excluding hydrogens is 133 g/mol. The summed E-state index contributed by atoms with van der Waals surface area (Å²) in [5.74, 6) is -1.11. The predicted octanol–water partition coefficient (Wildman–Crippen LogP) is 0.125. The molecule has 0 fully saturated rings. The van der Waals surface area contributed by atoms with E-state index in [9.17, 15) is 4.79 Å². The van der Waals surface area contributed by atoms with Crippen molar-refractivity contribution >= 4 is 24.6 Å². The van der Waals surface area contributed by atoms with E-state index >= 15 is 0 Å². The van der Waals surface area contributed by atoms with Crippen LogP contribution in [0.15, 0.2) is 5.16 Å². The standard InChI is InChI=1S/C3H5NO3.ClH/c1-7-4-2-3(5)6;/h2H,1H3,(H,5,6);1H/b4-2+;. The number of oxime groups is 1. The Morgan fingerprint density at radius 1 is 1.88 bits per heavy atom. The van der Waals surface area contributed by atoms with E-state index in [1.54, 1.807) is 0 Å². The predicted molar refractivity (Wildman–Crippen MR) is 30.4 cm³/mol. The summed E-state index contributed by atoms with van der Waals surface area (Å²) in [5.41, 5.74) is 0. The highest BCUT2D eigenvalue weighted by molar-refractivity contribution is 6.21. The van der Waals surface area contributed by atoms with Gasteiger partial charge in [0.05, 0.1) is 0 Å². The number of rotatable bonds is 2. The molecular formula is C3H6ClNO3. The van der Waals surface area contributed by atoms with Crippen molar-refractivity contribution in [3.63, 3.8) is 0 Å². The van der Waals surface area contributed by atoms with Crippen molar-refractivity contribution in [3.8, 4) is 0 Å². The minimum Gasteiger partial charge on any atom is -0.477 e. The van der Waals surface area contributed by atoms with E-state index in [1.807, 2.05) is 0 Å². The highest BCUT2D eigenvalue weighted by Crippen LogP contribution is 1.61. The SMILES string of the molecule is CO/N=C/C(=O)O.Cl. The molecule has 0 saturated heterocycles. The van der Waals surface area contributed by atoms with Crippen molar-refractivity contribution in [2.24, 2.45) is 5.16 Å². The van der Waals surface area contributed by atoms with Crippen LogP contribution in [0.1, 0.15) is 0 Å². The van der Waals surface area contributed by atoms with Gasteiger partial charge >= 0.3 is 5.97 Å². The molecule has 48 valence electrons. The Hall–Kier alpha value is -0.770. The normalized spacial score (nSPS) is 8.12. The van der Waals surface area contributed by atoms with Crippen molar-refractivity contribution in [1.82, 2.24) is 0 Å². The van der Waals surface area contributed by atoms with Crippen LogP contribution >= 0.6 is 12.4 Å². The third-order valence-corrected chi connectivity index (χ3v) is 0.269. The fourth-order valence-electron chi connectivity index (χ4n) is 0.0978. The molecule has 0 aromatic rings. The average molecular weight is 140 g/mol. The molecule has 8 heavy (non-hydrogen) atoms. The highest BCUT2D eigenvalue weighted by Gasteiger charge is 1.82. The van der Waals surface area contributed by atoms with Crippen molar-refractivity contribution in [2.75, 3.05) is 7.11 Å². The van der Waals surface area contributed by atoms with Gasteiger partial charge in [-0.15, -0.1) is 12.4 Å². The molecule has 0 aliphatic carbocycles. The Morgan fingerprint density at radius 3 is 2.50 bits per heavy atom. The first kappa shape index (κ1) is 10.3. The number of hydrogen-bond donors (Lipinski definition) is 1. The first-order chi connectivity index (χ1) is 3.27. The number of carboxylic acids is 1. The summed E-state index contributed by atoms with van der Waals surface area (Å²) in [5, 5.41) is 10.8. The second-order valence-electron chi connectivity index (χ2n) is 0.755. The first-order valence-corrected chi connectivity index (χ1v) is 1.57. The number of carboxylic acid groups (broad SMARTS) is 1. The van der Waals surface area contributed by atoms with Crippen molar-refractivity contribution < 1.29 is 14.7 Å². The summed E-state index contributed by atoms with van der Waals surface area (Å²) in [6.45, 7) is 0. The van der Waals surface area contributed by atoms with Crippen LogP contribution in [0.2, 0.25) is 0 Å². The molecule has 0 aromatic carbocycles. The van der Waals surface area contributed by atoms with Crippen LogP contribution in [0.4, 0.5) is 0 Å². The van der Waals surface area contributed by atoms with E-state index in [-0.39, 0.29) is 12.4 Å². The smallest absolute Gasteiger partial charge is 0.350 e. The zero-order chi connectivity index (χ0) is 5.70. The van der Waals surface area contributed by atoms with Crippen LogP contribution in [-0.2, 0) is 9.63 Å². The van der Waals surface area contributed by atoms with Crippen molar-refractivity contribution in [2.45, 2.75) is 0 Å². The van der Waals surface area contributed by atoms with Gasteiger partial charge < -0.3 is 9.94 Å². The van der Waals surface area contributed by atoms with Gasteiger partial charge in [0.15, 0.2) is 6.21 Å². The third kappa shape index (κ3) is 8.97. The Labute approximate surface area is 52.5 Å². The van der Waals surface area contributed by atoms with E-state index in [2.05, 4.69) is 9.99 Å².